The summed E-state index contributed by atoms with van der Waals surface area (Å²) in [6.07, 6.45) is 1.17. The fourth-order valence-corrected chi connectivity index (χ4v) is 4.14. The average Bonchev–Trinajstić information content (AvgIpc) is 3.38. The zero-order chi connectivity index (χ0) is 21.5. The van der Waals surface area contributed by atoms with Gasteiger partial charge in [-0.25, -0.2) is 9.07 Å². The van der Waals surface area contributed by atoms with Gasteiger partial charge in [-0.3, -0.25) is 4.79 Å². The topological polar surface area (TPSA) is 63.3 Å². The van der Waals surface area contributed by atoms with Crippen LogP contribution in [0.15, 0.2) is 71.3 Å². The van der Waals surface area contributed by atoms with Crippen LogP contribution in [0.3, 0.4) is 0 Å². The lowest BCUT2D eigenvalue weighted by molar-refractivity contribution is 0.0650. The Morgan fingerprint density at radius 3 is 2.58 bits per heavy atom. The number of aromatic nitrogens is 2. The monoisotopic (exact) mass is 416 g/mol. The molecule has 31 heavy (non-hydrogen) atoms. The van der Waals surface area contributed by atoms with E-state index < -0.39 is 6.17 Å². The molecule has 1 atom stereocenters. The molecule has 0 fully saturated rings. The summed E-state index contributed by atoms with van der Waals surface area (Å²) in [5, 5.41) is 8.20. The van der Waals surface area contributed by atoms with Crippen LogP contribution < -0.4 is 5.32 Å². The van der Waals surface area contributed by atoms with Gasteiger partial charge in [0.15, 0.2) is 0 Å². The van der Waals surface area contributed by atoms with E-state index in [1.807, 2.05) is 50.2 Å². The van der Waals surface area contributed by atoms with E-state index in [-0.39, 0.29) is 11.7 Å². The molecule has 1 aliphatic rings. The number of carbonyl (C=O) groups is 1. The molecule has 2 aromatic carbocycles. The molecular formula is C24H21FN4O2. The molecule has 1 aliphatic heterocycles. The van der Waals surface area contributed by atoms with Crippen LogP contribution in [0.1, 0.15) is 39.2 Å². The number of rotatable bonds is 4. The standard InChI is InChI=1S/C24H21FN4O2/c1-15-22(16(2)29(27-15)18-11-9-17(25)10-12-18)23-26-21-8-4-3-7-20(21)24(30)28(23)14-19-6-5-13-31-19/h3-13,23,26H,14H2,1-2H3/t23-/m0/s1. The Hall–Kier alpha value is -3.87. The number of carbonyl (C=O) groups excluding carboxylic acids is 1. The van der Waals surface area contributed by atoms with E-state index in [0.29, 0.717) is 17.9 Å². The third kappa shape index (κ3) is 3.28. The summed E-state index contributed by atoms with van der Waals surface area (Å²) in [5.41, 5.74) is 4.72. The number of halogens is 1. The highest BCUT2D eigenvalue weighted by atomic mass is 19.1. The Morgan fingerprint density at radius 2 is 1.84 bits per heavy atom. The van der Waals surface area contributed by atoms with Crippen molar-refractivity contribution in [3.8, 4) is 5.69 Å². The molecule has 7 heteroatoms. The van der Waals surface area contributed by atoms with E-state index in [4.69, 9.17) is 9.52 Å². The van der Waals surface area contributed by atoms with Crippen LogP contribution in [-0.4, -0.2) is 20.6 Å². The summed E-state index contributed by atoms with van der Waals surface area (Å²) in [4.78, 5) is 15.2. The van der Waals surface area contributed by atoms with Crippen molar-refractivity contribution in [2.75, 3.05) is 5.32 Å². The van der Waals surface area contributed by atoms with Gasteiger partial charge >= 0.3 is 0 Å². The van der Waals surface area contributed by atoms with Gasteiger partial charge in [-0.15, -0.1) is 0 Å². The highest BCUT2D eigenvalue weighted by Crippen LogP contribution is 2.37. The van der Waals surface area contributed by atoms with Crippen LogP contribution in [0.2, 0.25) is 0 Å². The number of hydrogen-bond donors (Lipinski definition) is 1. The summed E-state index contributed by atoms with van der Waals surface area (Å²) >= 11 is 0. The molecule has 1 amide bonds. The lowest BCUT2D eigenvalue weighted by atomic mass is 10.0. The van der Waals surface area contributed by atoms with E-state index in [2.05, 4.69) is 5.32 Å². The van der Waals surface area contributed by atoms with Gasteiger partial charge in [0.05, 0.1) is 29.8 Å². The Balaban J connectivity index is 1.61. The Kier molecular flexibility index (Phi) is 4.58. The number of para-hydroxylation sites is 1. The van der Waals surface area contributed by atoms with Gasteiger partial charge < -0.3 is 14.6 Å². The van der Waals surface area contributed by atoms with Gasteiger partial charge in [0.25, 0.3) is 5.91 Å². The number of amides is 1. The minimum Gasteiger partial charge on any atom is -0.467 e. The molecule has 0 spiro atoms. The second kappa shape index (κ2) is 7.43. The van der Waals surface area contributed by atoms with Crippen molar-refractivity contribution in [3.05, 3.63) is 101 Å². The fourth-order valence-electron chi connectivity index (χ4n) is 4.14. The molecule has 156 valence electrons. The number of nitrogens with zero attached hydrogens (tertiary/aromatic N) is 3. The van der Waals surface area contributed by atoms with Gasteiger partial charge in [-0.05, 0) is 62.4 Å². The Bertz CT molecular complexity index is 1250. The van der Waals surface area contributed by atoms with Crippen LogP contribution in [0.25, 0.3) is 5.69 Å². The van der Waals surface area contributed by atoms with Crippen LogP contribution in [0, 0.1) is 19.7 Å². The molecule has 1 N–H and O–H groups in total. The number of benzene rings is 2. The molecule has 0 bridgehead atoms. The first-order chi connectivity index (χ1) is 15.0. The fraction of sp³-hybridized carbons (Fsp3) is 0.167. The van der Waals surface area contributed by atoms with Crippen molar-refractivity contribution >= 4 is 11.6 Å². The molecule has 0 saturated heterocycles. The maximum Gasteiger partial charge on any atom is 0.258 e. The van der Waals surface area contributed by atoms with E-state index >= 15 is 0 Å². The van der Waals surface area contributed by atoms with E-state index in [0.717, 1.165) is 28.3 Å². The quantitative estimate of drug-likeness (QED) is 0.509. The molecule has 0 aliphatic carbocycles. The van der Waals surface area contributed by atoms with E-state index in [9.17, 15) is 9.18 Å². The molecule has 2 aromatic heterocycles. The van der Waals surface area contributed by atoms with Gasteiger partial charge in [0, 0.05) is 16.9 Å². The van der Waals surface area contributed by atoms with Gasteiger partial charge in [0.1, 0.15) is 17.7 Å². The zero-order valence-electron chi connectivity index (χ0n) is 17.2. The predicted molar refractivity (Wildman–Crippen MR) is 114 cm³/mol. The molecule has 3 heterocycles. The summed E-state index contributed by atoms with van der Waals surface area (Å²) in [6.45, 7) is 4.19. The maximum atomic E-state index is 13.4. The summed E-state index contributed by atoms with van der Waals surface area (Å²) < 4.78 is 20.7. The lowest BCUT2D eigenvalue weighted by Crippen LogP contribution is -2.42. The highest BCUT2D eigenvalue weighted by Gasteiger charge is 2.36. The van der Waals surface area contributed by atoms with Crippen molar-refractivity contribution in [1.29, 1.82) is 0 Å². The largest absolute Gasteiger partial charge is 0.467 e. The number of fused-ring (bicyclic) bond motifs is 1. The SMILES string of the molecule is Cc1nn(-c2ccc(F)cc2)c(C)c1[C@H]1Nc2ccccc2C(=O)N1Cc1ccco1. The number of hydrogen-bond acceptors (Lipinski definition) is 4. The molecule has 5 rings (SSSR count). The van der Waals surface area contributed by atoms with Crippen molar-refractivity contribution in [2.45, 2.75) is 26.6 Å². The van der Waals surface area contributed by atoms with E-state index in [1.165, 1.54) is 12.1 Å². The number of anilines is 1. The minimum atomic E-state index is -0.429. The number of aryl methyl sites for hydroxylation is 1. The summed E-state index contributed by atoms with van der Waals surface area (Å²) in [5.74, 6) is 0.316. The molecule has 0 saturated carbocycles. The predicted octanol–water partition coefficient (Wildman–Crippen LogP) is 4.99. The average molecular weight is 416 g/mol. The molecule has 4 aromatic rings. The normalized spacial score (nSPS) is 15.6. The van der Waals surface area contributed by atoms with Crippen molar-refractivity contribution in [3.63, 3.8) is 0 Å². The zero-order valence-corrected chi connectivity index (χ0v) is 17.2. The molecule has 0 unspecified atom stereocenters. The molecule has 0 radical (unpaired) electrons. The van der Waals surface area contributed by atoms with Gasteiger partial charge in [-0.2, -0.15) is 5.10 Å². The first kappa shape index (κ1) is 19.1. The lowest BCUT2D eigenvalue weighted by Gasteiger charge is -2.37. The van der Waals surface area contributed by atoms with Crippen LogP contribution in [0.4, 0.5) is 10.1 Å². The van der Waals surface area contributed by atoms with Crippen LogP contribution >= 0.6 is 0 Å². The smallest absolute Gasteiger partial charge is 0.258 e. The first-order valence-electron chi connectivity index (χ1n) is 10.0. The summed E-state index contributed by atoms with van der Waals surface area (Å²) in [6, 6.07) is 17.3. The molecule has 6 nitrogen and oxygen atoms in total. The van der Waals surface area contributed by atoms with Crippen LogP contribution in [-0.2, 0) is 6.54 Å². The van der Waals surface area contributed by atoms with Crippen LogP contribution in [0.5, 0.6) is 0 Å². The van der Waals surface area contributed by atoms with Crippen molar-refractivity contribution in [2.24, 2.45) is 0 Å². The molecular weight excluding hydrogens is 395 g/mol. The third-order valence-corrected chi connectivity index (χ3v) is 5.62. The summed E-state index contributed by atoms with van der Waals surface area (Å²) in [7, 11) is 0. The minimum absolute atomic E-state index is 0.0796. The Morgan fingerprint density at radius 1 is 1.06 bits per heavy atom. The second-order valence-corrected chi connectivity index (χ2v) is 7.58. The second-order valence-electron chi connectivity index (χ2n) is 7.58. The van der Waals surface area contributed by atoms with Gasteiger partial charge in [-0.1, -0.05) is 12.1 Å². The van der Waals surface area contributed by atoms with Crippen molar-refractivity contribution < 1.29 is 13.6 Å². The highest BCUT2D eigenvalue weighted by molar-refractivity contribution is 6.01. The first-order valence-corrected chi connectivity index (χ1v) is 10.0. The number of furan rings is 1. The maximum absolute atomic E-state index is 13.4. The number of nitrogens with one attached hydrogen (secondary N) is 1. The third-order valence-electron chi connectivity index (χ3n) is 5.62. The van der Waals surface area contributed by atoms with Gasteiger partial charge in [0.2, 0.25) is 0 Å². The van der Waals surface area contributed by atoms with Crippen molar-refractivity contribution in [1.82, 2.24) is 14.7 Å². The Labute approximate surface area is 178 Å². The van der Waals surface area contributed by atoms with E-state index in [1.54, 1.807) is 28.0 Å².